The third-order valence-corrected chi connectivity index (χ3v) is 6.74. The first-order chi connectivity index (χ1) is 8.64. The molecule has 0 aromatic heterocycles. The highest BCUT2D eigenvalue weighted by molar-refractivity contribution is 5.82. The van der Waals surface area contributed by atoms with Crippen molar-refractivity contribution in [3.63, 3.8) is 0 Å². The lowest BCUT2D eigenvalue weighted by atomic mass is 9.45. The fourth-order valence-corrected chi connectivity index (χ4v) is 6.41. The lowest BCUT2D eigenvalue weighted by Gasteiger charge is -2.60. The maximum atomic E-state index is 12.5. The zero-order valence-electron chi connectivity index (χ0n) is 11.7. The Hall–Kier alpha value is -0.330. The molecule has 5 aliphatic rings. The van der Waals surface area contributed by atoms with Gasteiger partial charge in [-0.05, 0) is 80.5 Å². The number of rotatable bonds is 1. The first kappa shape index (κ1) is 11.5. The lowest BCUT2D eigenvalue weighted by Crippen LogP contribution is -2.52. The van der Waals surface area contributed by atoms with E-state index >= 15 is 0 Å². The molecule has 0 N–H and O–H groups in total. The average molecular weight is 246 g/mol. The second-order valence-electron chi connectivity index (χ2n) is 8.18. The van der Waals surface area contributed by atoms with Gasteiger partial charge in [0.05, 0.1) is 0 Å². The third kappa shape index (κ3) is 1.62. The summed E-state index contributed by atoms with van der Waals surface area (Å²) in [5.74, 6) is 4.84. The van der Waals surface area contributed by atoms with Gasteiger partial charge in [0.15, 0.2) is 0 Å². The van der Waals surface area contributed by atoms with Crippen LogP contribution in [0.4, 0.5) is 0 Å². The van der Waals surface area contributed by atoms with Gasteiger partial charge in [-0.3, -0.25) is 4.79 Å². The molecule has 0 amide bonds. The van der Waals surface area contributed by atoms with Crippen molar-refractivity contribution in [2.45, 2.75) is 64.7 Å². The molecule has 18 heavy (non-hydrogen) atoms. The van der Waals surface area contributed by atoms with E-state index in [4.69, 9.17) is 0 Å². The van der Waals surface area contributed by atoms with E-state index in [1.807, 2.05) is 0 Å². The SMILES string of the molecule is C[C@@H]1CCC(=O)[C@@H](C23CC4CC(CC(C4)C2)C3)C1. The van der Waals surface area contributed by atoms with Crippen molar-refractivity contribution in [3.05, 3.63) is 0 Å². The van der Waals surface area contributed by atoms with Crippen molar-refractivity contribution in [2.24, 2.45) is 35.0 Å². The van der Waals surface area contributed by atoms with Crippen LogP contribution in [0, 0.1) is 35.0 Å². The Balaban J connectivity index is 1.64. The third-order valence-electron chi connectivity index (χ3n) is 6.74. The van der Waals surface area contributed by atoms with Gasteiger partial charge in [0.1, 0.15) is 5.78 Å². The monoisotopic (exact) mass is 246 g/mol. The molecule has 5 fully saturated rings. The van der Waals surface area contributed by atoms with Gasteiger partial charge in [-0.2, -0.15) is 0 Å². The first-order valence-corrected chi connectivity index (χ1v) is 8.17. The van der Waals surface area contributed by atoms with E-state index in [0.717, 1.165) is 36.5 Å². The van der Waals surface area contributed by atoms with Crippen LogP contribution in [0.3, 0.4) is 0 Å². The average Bonchev–Trinajstić information content (AvgIpc) is 2.30. The zero-order chi connectivity index (χ0) is 12.3. The van der Waals surface area contributed by atoms with Gasteiger partial charge in [-0.25, -0.2) is 0 Å². The van der Waals surface area contributed by atoms with Crippen LogP contribution in [0.25, 0.3) is 0 Å². The highest BCUT2D eigenvalue weighted by Crippen LogP contribution is 2.64. The Morgan fingerprint density at radius 1 is 0.944 bits per heavy atom. The Bertz CT molecular complexity index is 335. The van der Waals surface area contributed by atoms with E-state index in [9.17, 15) is 4.79 Å². The molecule has 5 aliphatic carbocycles. The largest absolute Gasteiger partial charge is 0.299 e. The Morgan fingerprint density at radius 3 is 2.06 bits per heavy atom. The first-order valence-electron chi connectivity index (χ1n) is 8.17. The number of hydrogen-bond donors (Lipinski definition) is 0. The molecule has 0 aliphatic heterocycles. The summed E-state index contributed by atoms with van der Waals surface area (Å²) < 4.78 is 0. The van der Waals surface area contributed by atoms with Crippen molar-refractivity contribution in [1.82, 2.24) is 0 Å². The molecule has 0 spiro atoms. The summed E-state index contributed by atoms with van der Waals surface area (Å²) in [5.41, 5.74) is 0.473. The van der Waals surface area contributed by atoms with Gasteiger partial charge in [-0.1, -0.05) is 6.92 Å². The summed E-state index contributed by atoms with van der Waals surface area (Å²) in [6.07, 6.45) is 12.0. The van der Waals surface area contributed by atoms with Crippen molar-refractivity contribution in [3.8, 4) is 0 Å². The van der Waals surface area contributed by atoms with Crippen LogP contribution in [0.15, 0.2) is 0 Å². The van der Waals surface area contributed by atoms with E-state index in [1.165, 1.54) is 44.9 Å². The van der Waals surface area contributed by atoms with E-state index in [2.05, 4.69) is 6.92 Å². The predicted molar refractivity (Wildman–Crippen MR) is 72.1 cm³/mol. The van der Waals surface area contributed by atoms with Crippen LogP contribution in [0.2, 0.25) is 0 Å². The molecule has 0 aromatic carbocycles. The summed E-state index contributed by atoms with van der Waals surface area (Å²) in [4.78, 5) is 12.5. The topological polar surface area (TPSA) is 17.1 Å². The van der Waals surface area contributed by atoms with Crippen LogP contribution in [0.5, 0.6) is 0 Å². The van der Waals surface area contributed by atoms with Gasteiger partial charge >= 0.3 is 0 Å². The van der Waals surface area contributed by atoms with Gasteiger partial charge < -0.3 is 0 Å². The number of carbonyl (C=O) groups is 1. The highest BCUT2D eigenvalue weighted by atomic mass is 16.1. The Kier molecular flexibility index (Phi) is 2.45. The normalized spacial score (nSPS) is 54.9. The standard InChI is InChI=1S/C17H26O/c1-11-2-3-16(18)15(4-11)17-8-12-5-13(9-17)7-14(6-12)10-17/h11-15H,2-10H2,1H3/t11-,12?,13?,14?,15+,17?/m1/s1. The summed E-state index contributed by atoms with van der Waals surface area (Å²) in [5, 5.41) is 0. The molecule has 5 saturated carbocycles. The lowest BCUT2D eigenvalue weighted by molar-refractivity contribution is -0.144. The molecular formula is C17H26O. The Labute approximate surface area is 111 Å². The van der Waals surface area contributed by atoms with Gasteiger partial charge in [0, 0.05) is 12.3 Å². The van der Waals surface area contributed by atoms with Crippen LogP contribution >= 0.6 is 0 Å². The van der Waals surface area contributed by atoms with Crippen LogP contribution in [-0.2, 0) is 4.79 Å². The number of carbonyl (C=O) groups excluding carboxylic acids is 1. The number of ketones is 1. The minimum Gasteiger partial charge on any atom is -0.299 e. The number of Topliss-reactive ketones (excluding diaryl/α,β-unsaturated/α-hetero) is 1. The van der Waals surface area contributed by atoms with Crippen LogP contribution < -0.4 is 0 Å². The van der Waals surface area contributed by atoms with E-state index in [1.54, 1.807) is 0 Å². The molecular weight excluding hydrogens is 220 g/mol. The molecule has 0 saturated heterocycles. The maximum Gasteiger partial charge on any atom is 0.136 e. The molecule has 0 heterocycles. The quantitative estimate of drug-likeness (QED) is 0.677. The molecule has 0 aromatic rings. The van der Waals surface area contributed by atoms with E-state index in [0.29, 0.717) is 17.1 Å². The van der Waals surface area contributed by atoms with Gasteiger partial charge in [-0.15, -0.1) is 0 Å². The predicted octanol–water partition coefficient (Wildman–Crippen LogP) is 4.21. The highest BCUT2D eigenvalue weighted by Gasteiger charge is 2.56. The van der Waals surface area contributed by atoms with E-state index in [-0.39, 0.29) is 0 Å². The van der Waals surface area contributed by atoms with Crippen molar-refractivity contribution in [2.75, 3.05) is 0 Å². The molecule has 100 valence electrons. The van der Waals surface area contributed by atoms with Crippen LogP contribution in [0.1, 0.15) is 64.7 Å². The molecule has 0 radical (unpaired) electrons. The van der Waals surface area contributed by atoms with Gasteiger partial charge in [0.2, 0.25) is 0 Å². The molecule has 0 unspecified atom stereocenters. The van der Waals surface area contributed by atoms with Crippen LogP contribution in [-0.4, -0.2) is 5.78 Å². The number of hydrogen-bond acceptors (Lipinski definition) is 1. The zero-order valence-corrected chi connectivity index (χ0v) is 11.7. The van der Waals surface area contributed by atoms with Crippen molar-refractivity contribution in [1.29, 1.82) is 0 Å². The van der Waals surface area contributed by atoms with Gasteiger partial charge in [0.25, 0.3) is 0 Å². The molecule has 4 bridgehead atoms. The second kappa shape index (κ2) is 3.84. The second-order valence-corrected chi connectivity index (χ2v) is 8.18. The molecule has 1 heteroatoms. The minimum atomic E-state index is 0.453. The minimum absolute atomic E-state index is 0.453. The van der Waals surface area contributed by atoms with Crippen molar-refractivity contribution >= 4 is 5.78 Å². The summed E-state index contributed by atoms with van der Waals surface area (Å²) >= 11 is 0. The molecule has 5 rings (SSSR count). The summed E-state index contributed by atoms with van der Waals surface area (Å²) in [6, 6.07) is 0. The molecule has 2 atom stereocenters. The smallest absolute Gasteiger partial charge is 0.136 e. The maximum absolute atomic E-state index is 12.5. The Morgan fingerprint density at radius 2 is 1.50 bits per heavy atom. The summed E-state index contributed by atoms with van der Waals surface area (Å²) in [7, 11) is 0. The summed E-state index contributed by atoms with van der Waals surface area (Å²) in [6.45, 7) is 2.36. The van der Waals surface area contributed by atoms with E-state index < -0.39 is 0 Å². The fourth-order valence-electron chi connectivity index (χ4n) is 6.41. The fraction of sp³-hybridized carbons (Fsp3) is 0.941. The van der Waals surface area contributed by atoms with Crippen molar-refractivity contribution < 1.29 is 4.79 Å². The molecule has 1 nitrogen and oxygen atoms in total.